The molecule has 25 heavy (non-hydrogen) atoms. The van der Waals surface area contributed by atoms with Crippen LogP contribution in [-0.4, -0.2) is 26.4 Å². The van der Waals surface area contributed by atoms with Crippen LogP contribution in [0.15, 0.2) is 53.7 Å². The molecule has 0 fully saturated rings. The van der Waals surface area contributed by atoms with Gasteiger partial charge in [0, 0.05) is 23.3 Å². The summed E-state index contributed by atoms with van der Waals surface area (Å²) in [6.07, 6.45) is 0. The van der Waals surface area contributed by atoms with Gasteiger partial charge in [0.15, 0.2) is 11.0 Å². The number of rotatable bonds is 5. The molecule has 1 N–H and O–H groups in total. The van der Waals surface area contributed by atoms with E-state index in [9.17, 15) is 4.79 Å². The monoisotopic (exact) mass is 372 g/mol. The number of halogens is 1. The van der Waals surface area contributed by atoms with Gasteiger partial charge in [-0.3, -0.25) is 4.79 Å². The van der Waals surface area contributed by atoms with E-state index in [4.69, 9.17) is 11.6 Å². The number of hydrogen-bond donors (Lipinski definition) is 1. The van der Waals surface area contributed by atoms with E-state index in [1.54, 1.807) is 12.1 Å². The minimum absolute atomic E-state index is 0.101. The molecule has 5 nitrogen and oxygen atoms in total. The number of nitrogens with zero attached hydrogens (tertiary/aromatic N) is 3. The molecule has 0 saturated heterocycles. The van der Waals surface area contributed by atoms with Crippen LogP contribution in [-0.2, 0) is 11.8 Å². The van der Waals surface area contributed by atoms with E-state index < -0.39 is 0 Å². The molecule has 0 spiro atoms. The van der Waals surface area contributed by atoms with Crippen molar-refractivity contribution >= 4 is 35.0 Å². The second-order valence-corrected chi connectivity index (χ2v) is 6.88. The highest BCUT2D eigenvalue weighted by Crippen LogP contribution is 2.23. The lowest BCUT2D eigenvalue weighted by molar-refractivity contribution is -0.113. The van der Waals surface area contributed by atoms with Gasteiger partial charge in [0.1, 0.15) is 0 Å². The number of benzene rings is 2. The Morgan fingerprint density at radius 2 is 1.96 bits per heavy atom. The highest BCUT2D eigenvalue weighted by Gasteiger charge is 2.13. The van der Waals surface area contributed by atoms with Gasteiger partial charge >= 0.3 is 0 Å². The molecule has 1 aromatic heterocycles. The van der Waals surface area contributed by atoms with Gasteiger partial charge in [-0.05, 0) is 30.7 Å². The summed E-state index contributed by atoms with van der Waals surface area (Å²) in [5.41, 5.74) is 2.65. The maximum Gasteiger partial charge on any atom is 0.234 e. The number of thioether (sulfide) groups is 1. The van der Waals surface area contributed by atoms with Gasteiger partial charge < -0.3 is 9.88 Å². The normalized spacial score (nSPS) is 10.7. The fraction of sp³-hybridized carbons (Fsp3) is 0.167. The Hall–Kier alpha value is -2.31. The fourth-order valence-electron chi connectivity index (χ4n) is 2.33. The number of carbonyl (C=O) groups excluding carboxylic acids is 1. The third-order valence-electron chi connectivity index (χ3n) is 3.64. The molecule has 0 aliphatic heterocycles. The van der Waals surface area contributed by atoms with Gasteiger partial charge in [-0.15, -0.1) is 10.2 Å². The number of nitrogens with one attached hydrogen (secondary N) is 1. The molecular weight excluding hydrogens is 356 g/mol. The lowest BCUT2D eigenvalue weighted by atomic mass is 10.2. The second kappa shape index (κ2) is 7.72. The zero-order chi connectivity index (χ0) is 17.8. The van der Waals surface area contributed by atoms with Crippen LogP contribution in [0.4, 0.5) is 5.69 Å². The predicted molar refractivity (Wildman–Crippen MR) is 102 cm³/mol. The molecule has 2 aromatic carbocycles. The van der Waals surface area contributed by atoms with E-state index in [0.29, 0.717) is 10.2 Å². The van der Waals surface area contributed by atoms with Crippen LogP contribution in [0.25, 0.3) is 11.4 Å². The van der Waals surface area contributed by atoms with Gasteiger partial charge in [-0.25, -0.2) is 0 Å². The average Bonchev–Trinajstić information content (AvgIpc) is 2.98. The summed E-state index contributed by atoms with van der Waals surface area (Å²) in [6.45, 7) is 1.90. The molecule has 0 aliphatic carbocycles. The van der Waals surface area contributed by atoms with Crippen molar-refractivity contribution in [2.24, 2.45) is 7.05 Å². The van der Waals surface area contributed by atoms with Gasteiger partial charge in [0.25, 0.3) is 0 Å². The van der Waals surface area contributed by atoms with Gasteiger partial charge in [0.05, 0.1) is 5.75 Å². The number of amides is 1. The molecular formula is C18H17ClN4OS. The third-order valence-corrected chi connectivity index (χ3v) is 5.09. The van der Waals surface area contributed by atoms with Crippen LogP contribution in [0.3, 0.4) is 0 Å². The molecule has 128 valence electrons. The number of aryl methyl sites for hydroxylation is 1. The first-order valence-electron chi connectivity index (χ1n) is 7.68. The van der Waals surface area contributed by atoms with Crippen molar-refractivity contribution in [1.82, 2.24) is 14.8 Å². The van der Waals surface area contributed by atoms with Crippen LogP contribution in [0.1, 0.15) is 5.56 Å². The highest BCUT2D eigenvalue weighted by atomic mass is 35.5. The summed E-state index contributed by atoms with van der Waals surface area (Å²) in [5, 5.41) is 12.6. The smallest absolute Gasteiger partial charge is 0.234 e. The highest BCUT2D eigenvalue weighted by molar-refractivity contribution is 7.99. The number of anilines is 1. The quantitative estimate of drug-likeness (QED) is 0.683. The van der Waals surface area contributed by atoms with Crippen molar-refractivity contribution in [1.29, 1.82) is 0 Å². The SMILES string of the molecule is Cc1cc(NC(=O)CSc2nnc(-c3ccccc3)n2C)ccc1Cl. The van der Waals surface area contributed by atoms with Crippen molar-refractivity contribution in [2.75, 3.05) is 11.1 Å². The Kier molecular flexibility index (Phi) is 5.40. The lowest BCUT2D eigenvalue weighted by Gasteiger charge is -2.07. The topological polar surface area (TPSA) is 59.8 Å². The van der Waals surface area contributed by atoms with E-state index in [-0.39, 0.29) is 11.7 Å². The van der Waals surface area contributed by atoms with Crippen molar-refractivity contribution in [2.45, 2.75) is 12.1 Å². The molecule has 0 radical (unpaired) electrons. The summed E-state index contributed by atoms with van der Waals surface area (Å²) >= 11 is 7.34. The molecule has 0 saturated carbocycles. The van der Waals surface area contributed by atoms with Crippen LogP contribution in [0.5, 0.6) is 0 Å². The van der Waals surface area contributed by atoms with Gasteiger partial charge in [-0.2, -0.15) is 0 Å². The van der Waals surface area contributed by atoms with Gasteiger partial charge in [-0.1, -0.05) is 53.7 Å². The van der Waals surface area contributed by atoms with Crippen LogP contribution in [0, 0.1) is 6.92 Å². The molecule has 3 aromatic rings. The van der Waals surface area contributed by atoms with Crippen molar-refractivity contribution in [3.05, 3.63) is 59.1 Å². The number of carbonyl (C=O) groups is 1. The van der Waals surface area contributed by atoms with Crippen molar-refractivity contribution in [3.8, 4) is 11.4 Å². The van der Waals surface area contributed by atoms with Crippen LogP contribution < -0.4 is 5.32 Å². The first kappa shape index (κ1) is 17.5. The largest absolute Gasteiger partial charge is 0.325 e. The first-order valence-corrected chi connectivity index (χ1v) is 9.04. The summed E-state index contributed by atoms with van der Waals surface area (Å²) in [5.74, 6) is 0.926. The zero-order valence-corrected chi connectivity index (χ0v) is 15.4. The molecule has 0 unspecified atom stereocenters. The molecule has 7 heteroatoms. The standard InChI is InChI=1S/C18H17ClN4OS/c1-12-10-14(8-9-15(12)19)20-16(24)11-25-18-22-21-17(23(18)2)13-6-4-3-5-7-13/h3-10H,11H2,1-2H3,(H,20,24). The summed E-state index contributed by atoms with van der Waals surface area (Å²) < 4.78 is 1.89. The van der Waals surface area contributed by atoms with Crippen LogP contribution in [0.2, 0.25) is 5.02 Å². The first-order chi connectivity index (χ1) is 12.0. The average molecular weight is 373 g/mol. The molecule has 1 heterocycles. The minimum Gasteiger partial charge on any atom is -0.325 e. The summed E-state index contributed by atoms with van der Waals surface area (Å²) in [7, 11) is 1.89. The number of hydrogen-bond acceptors (Lipinski definition) is 4. The second-order valence-electron chi connectivity index (χ2n) is 5.53. The van der Waals surface area contributed by atoms with E-state index in [1.165, 1.54) is 11.8 Å². The van der Waals surface area contributed by atoms with E-state index in [1.807, 2.05) is 54.9 Å². The van der Waals surface area contributed by atoms with E-state index in [2.05, 4.69) is 15.5 Å². The van der Waals surface area contributed by atoms with E-state index in [0.717, 1.165) is 22.6 Å². The van der Waals surface area contributed by atoms with Gasteiger partial charge in [0.2, 0.25) is 5.91 Å². The third kappa shape index (κ3) is 4.21. The Morgan fingerprint density at radius 1 is 1.20 bits per heavy atom. The maximum absolute atomic E-state index is 12.1. The summed E-state index contributed by atoms with van der Waals surface area (Å²) in [4.78, 5) is 12.1. The fourth-order valence-corrected chi connectivity index (χ4v) is 3.16. The van der Waals surface area contributed by atoms with Crippen LogP contribution >= 0.6 is 23.4 Å². The Morgan fingerprint density at radius 3 is 2.68 bits per heavy atom. The lowest BCUT2D eigenvalue weighted by Crippen LogP contribution is -2.14. The van der Waals surface area contributed by atoms with Crippen molar-refractivity contribution < 1.29 is 4.79 Å². The maximum atomic E-state index is 12.1. The van der Waals surface area contributed by atoms with E-state index >= 15 is 0 Å². The summed E-state index contributed by atoms with van der Waals surface area (Å²) in [6, 6.07) is 15.2. The molecule has 0 aliphatic rings. The molecule has 0 atom stereocenters. The predicted octanol–water partition coefficient (Wildman–Crippen LogP) is 4.17. The molecule has 1 amide bonds. The minimum atomic E-state index is -0.101. The number of aromatic nitrogens is 3. The molecule has 0 bridgehead atoms. The zero-order valence-electron chi connectivity index (χ0n) is 13.9. The molecule has 3 rings (SSSR count). The van der Waals surface area contributed by atoms with Crippen molar-refractivity contribution in [3.63, 3.8) is 0 Å². The Labute approximate surface area is 155 Å². The Balaban J connectivity index is 1.63. The Bertz CT molecular complexity index is 895.